The first-order chi connectivity index (χ1) is 14.6. The molecule has 170 valence electrons. The summed E-state index contributed by atoms with van der Waals surface area (Å²) >= 11 is 0. The molecule has 0 aliphatic heterocycles. The molecule has 1 amide bonds. The largest absolute Gasteiger partial charge is 0.493 e. The zero-order valence-corrected chi connectivity index (χ0v) is 19.6. The van der Waals surface area contributed by atoms with Crippen LogP contribution >= 0.6 is 0 Å². The topological polar surface area (TPSA) is 85.4 Å². The molecule has 0 aromatic heterocycles. The number of amides is 1. The maximum atomic E-state index is 12.9. The molecule has 0 unspecified atom stereocenters. The molecule has 0 N–H and O–H groups in total. The van der Waals surface area contributed by atoms with E-state index in [1.54, 1.807) is 56.5 Å². The minimum atomic E-state index is -3.35. The van der Waals surface area contributed by atoms with Crippen molar-refractivity contribution in [3.63, 3.8) is 0 Å². The number of nitrogens with zero attached hydrogens (tertiary/aromatic N) is 2. The average Bonchev–Trinajstić information content (AvgIpc) is 2.76. The van der Waals surface area contributed by atoms with Crippen LogP contribution in [0.2, 0.25) is 0 Å². The minimum Gasteiger partial charge on any atom is -0.493 e. The van der Waals surface area contributed by atoms with Gasteiger partial charge in [0, 0.05) is 20.6 Å². The Morgan fingerprint density at radius 1 is 1.00 bits per heavy atom. The molecule has 1 atom stereocenters. The standard InChI is InChI=1S/C22H30N2O6S/c1-7-19(30-18-11-9-17(10-12-18)24(3)31(6,26)27)22(25)23(2)15-16-8-13-20(28-4)21(14-16)29-5/h8-14,19H,7,15H2,1-6H3/t19-/m0/s1. The fourth-order valence-electron chi connectivity index (χ4n) is 2.98. The fraction of sp³-hybridized carbons (Fsp3) is 0.409. The van der Waals surface area contributed by atoms with Gasteiger partial charge in [0.1, 0.15) is 5.75 Å². The summed E-state index contributed by atoms with van der Waals surface area (Å²) in [6.07, 6.45) is 0.959. The predicted molar refractivity (Wildman–Crippen MR) is 120 cm³/mol. The summed E-state index contributed by atoms with van der Waals surface area (Å²) in [7, 11) is 2.99. The SMILES string of the molecule is CC[C@H](Oc1ccc(N(C)S(C)(=O)=O)cc1)C(=O)N(C)Cc1ccc(OC)c(OC)c1. The van der Waals surface area contributed by atoms with Crippen molar-refractivity contribution in [1.29, 1.82) is 0 Å². The number of hydrogen-bond acceptors (Lipinski definition) is 6. The average molecular weight is 451 g/mol. The summed E-state index contributed by atoms with van der Waals surface area (Å²) in [4.78, 5) is 14.5. The number of sulfonamides is 1. The van der Waals surface area contributed by atoms with Gasteiger partial charge in [-0.15, -0.1) is 0 Å². The molecule has 31 heavy (non-hydrogen) atoms. The Kier molecular flexibility index (Phi) is 8.15. The zero-order valence-electron chi connectivity index (χ0n) is 18.8. The van der Waals surface area contributed by atoms with E-state index in [2.05, 4.69) is 0 Å². The van der Waals surface area contributed by atoms with Crippen molar-refractivity contribution >= 4 is 21.6 Å². The monoisotopic (exact) mass is 450 g/mol. The third kappa shape index (κ3) is 6.27. The number of benzene rings is 2. The highest BCUT2D eigenvalue weighted by atomic mass is 32.2. The van der Waals surface area contributed by atoms with Crippen LogP contribution in [0.4, 0.5) is 5.69 Å². The summed E-state index contributed by atoms with van der Waals surface area (Å²) in [5.74, 6) is 1.56. The van der Waals surface area contributed by atoms with Crippen LogP contribution in [-0.4, -0.2) is 59.9 Å². The number of methoxy groups -OCH3 is 2. The number of ether oxygens (including phenoxy) is 3. The van der Waals surface area contributed by atoms with Crippen LogP contribution in [0.1, 0.15) is 18.9 Å². The van der Waals surface area contributed by atoms with Crippen molar-refractivity contribution in [2.75, 3.05) is 38.9 Å². The van der Waals surface area contributed by atoms with Gasteiger partial charge < -0.3 is 19.1 Å². The summed E-state index contributed by atoms with van der Waals surface area (Å²) < 4.78 is 40.9. The zero-order chi connectivity index (χ0) is 23.2. The van der Waals surface area contributed by atoms with Gasteiger partial charge in [0.2, 0.25) is 10.0 Å². The van der Waals surface area contributed by atoms with Crippen LogP contribution in [0.5, 0.6) is 17.2 Å². The maximum Gasteiger partial charge on any atom is 0.263 e. The van der Waals surface area contributed by atoms with E-state index < -0.39 is 16.1 Å². The molecular formula is C22H30N2O6S. The molecule has 2 aromatic rings. The van der Waals surface area contributed by atoms with Crippen LogP contribution in [0.15, 0.2) is 42.5 Å². The smallest absolute Gasteiger partial charge is 0.263 e. The minimum absolute atomic E-state index is 0.158. The predicted octanol–water partition coefficient (Wildman–Crippen LogP) is 2.92. The molecule has 9 heteroatoms. The molecule has 0 radical (unpaired) electrons. The van der Waals surface area contributed by atoms with E-state index in [1.807, 2.05) is 19.1 Å². The van der Waals surface area contributed by atoms with Gasteiger partial charge in [-0.05, 0) is 48.4 Å². The first kappa shape index (κ1) is 24.3. The van der Waals surface area contributed by atoms with Crippen LogP contribution in [0.25, 0.3) is 0 Å². The third-order valence-electron chi connectivity index (χ3n) is 4.87. The van der Waals surface area contributed by atoms with Crippen molar-refractivity contribution in [2.24, 2.45) is 0 Å². The van der Waals surface area contributed by atoms with E-state index in [0.29, 0.717) is 35.9 Å². The summed E-state index contributed by atoms with van der Waals surface area (Å²) in [5, 5.41) is 0. The molecule has 0 heterocycles. The van der Waals surface area contributed by atoms with Crippen LogP contribution < -0.4 is 18.5 Å². The lowest BCUT2D eigenvalue weighted by atomic mass is 10.1. The molecule has 0 saturated carbocycles. The quantitative estimate of drug-likeness (QED) is 0.553. The second kappa shape index (κ2) is 10.4. The van der Waals surface area contributed by atoms with Crippen molar-refractivity contribution in [2.45, 2.75) is 26.0 Å². The Bertz CT molecular complexity index is 992. The van der Waals surface area contributed by atoms with E-state index in [4.69, 9.17) is 14.2 Å². The highest BCUT2D eigenvalue weighted by Gasteiger charge is 2.23. The lowest BCUT2D eigenvalue weighted by Crippen LogP contribution is -2.39. The van der Waals surface area contributed by atoms with E-state index in [-0.39, 0.29) is 5.91 Å². The Morgan fingerprint density at radius 2 is 1.61 bits per heavy atom. The van der Waals surface area contributed by atoms with Crippen LogP contribution in [-0.2, 0) is 21.4 Å². The molecule has 0 spiro atoms. The van der Waals surface area contributed by atoms with E-state index in [1.165, 1.54) is 11.4 Å². The number of anilines is 1. The van der Waals surface area contributed by atoms with E-state index in [9.17, 15) is 13.2 Å². The summed E-state index contributed by atoms with van der Waals surface area (Å²) in [6, 6.07) is 12.1. The molecule has 0 fully saturated rings. The summed E-state index contributed by atoms with van der Waals surface area (Å²) in [5.41, 5.74) is 1.41. The highest BCUT2D eigenvalue weighted by molar-refractivity contribution is 7.92. The van der Waals surface area contributed by atoms with Gasteiger partial charge in [-0.25, -0.2) is 8.42 Å². The van der Waals surface area contributed by atoms with Crippen molar-refractivity contribution < 1.29 is 27.4 Å². The lowest BCUT2D eigenvalue weighted by molar-refractivity contribution is -0.138. The van der Waals surface area contributed by atoms with Gasteiger partial charge in [-0.2, -0.15) is 0 Å². The Hall–Kier alpha value is -2.94. The number of hydrogen-bond donors (Lipinski definition) is 0. The molecule has 0 bridgehead atoms. The molecular weight excluding hydrogens is 420 g/mol. The van der Waals surface area contributed by atoms with Crippen molar-refractivity contribution in [1.82, 2.24) is 4.90 Å². The number of carbonyl (C=O) groups excluding carboxylic acids is 1. The lowest BCUT2D eigenvalue weighted by Gasteiger charge is -2.24. The van der Waals surface area contributed by atoms with E-state index in [0.717, 1.165) is 11.8 Å². The molecule has 0 aliphatic carbocycles. The molecule has 0 saturated heterocycles. The van der Waals surface area contributed by atoms with Gasteiger partial charge >= 0.3 is 0 Å². The van der Waals surface area contributed by atoms with Crippen molar-refractivity contribution in [3.8, 4) is 17.2 Å². The molecule has 2 aromatic carbocycles. The normalized spacial score (nSPS) is 12.1. The molecule has 8 nitrogen and oxygen atoms in total. The van der Waals surface area contributed by atoms with Crippen molar-refractivity contribution in [3.05, 3.63) is 48.0 Å². The number of rotatable bonds is 10. The third-order valence-corrected chi connectivity index (χ3v) is 6.07. The highest BCUT2D eigenvalue weighted by Crippen LogP contribution is 2.28. The fourth-order valence-corrected chi connectivity index (χ4v) is 3.48. The maximum absolute atomic E-state index is 12.9. The van der Waals surface area contributed by atoms with Gasteiger partial charge in [-0.1, -0.05) is 13.0 Å². The molecule has 2 rings (SSSR count). The second-order valence-electron chi connectivity index (χ2n) is 7.12. The first-order valence-electron chi connectivity index (χ1n) is 9.77. The Labute approximate surface area is 184 Å². The van der Waals surface area contributed by atoms with Gasteiger partial charge in [0.05, 0.1) is 26.2 Å². The Balaban J connectivity index is 2.07. The number of carbonyl (C=O) groups is 1. The van der Waals surface area contributed by atoms with Gasteiger partial charge in [0.25, 0.3) is 5.91 Å². The van der Waals surface area contributed by atoms with Gasteiger partial charge in [0.15, 0.2) is 17.6 Å². The Morgan fingerprint density at radius 3 is 2.13 bits per heavy atom. The van der Waals surface area contributed by atoms with Gasteiger partial charge in [-0.3, -0.25) is 9.10 Å². The van der Waals surface area contributed by atoms with Crippen LogP contribution in [0, 0.1) is 0 Å². The molecule has 0 aliphatic rings. The second-order valence-corrected chi connectivity index (χ2v) is 9.14. The first-order valence-corrected chi connectivity index (χ1v) is 11.6. The number of likely N-dealkylation sites (N-methyl/N-ethyl adjacent to an activating group) is 1. The van der Waals surface area contributed by atoms with E-state index >= 15 is 0 Å². The van der Waals surface area contributed by atoms with Crippen LogP contribution in [0.3, 0.4) is 0 Å². The summed E-state index contributed by atoms with van der Waals surface area (Å²) in [6.45, 7) is 2.26.